The largest absolute Gasteiger partial charge is 0.326 e. The lowest BCUT2D eigenvalue weighted by molar-refractivity contribution is -0.121. The van der Waals surface area contributed by atoms with Crippen LogP contribution in [-0.4, -0.2) is 17.4 Å². The van der Waals surface area contributed by atoms with Gasteiger partial charge in [-0.25, -0.2) is 0 Å². The predicted molar refractivity (Wildman–Crippen MR) is 103 cm³/mol. The second kappa shape index (κ2) is 8.68. The molecule has 0 atom stereocenters. The number of nitrogens with two attached hydrogens (primary N) is 1. The van der Waals surface area contributed by atoms with E-state index < -0.39 is 5.54 Å². The van der Waals surface area contributed by atoms with Crippen molar-refractivity contribution < 1.29 is 9.59 Å². The first kappa shape index (κ1) is 19.7. The monoisotopic (exact) mass is 365 g/mol. The number of carbonyl (C=O) groups is 2. The summed E-state index contributed by atoms with van der Waals surface area (Å²) in [6, 6.07) is 7.32. The topological polar surface area (TPSA) is 84.2 Å². The van der Waals surface area contributed by atoms with Crippen LogP contribution in [0.15, 0.2) is 24.3 Å². The summed E-state index contributed by atoms with van der Waals surface area (Å²) in [6.45, 7) is 0. The minimum atomic E-state index is -0.749. The lowest BCUT2D eigenvalue weighted by atomic mass is 9.88. The Hall–Kier alpha value is -1.59. The summed E-state index contributed by atoms with van der Waals surface area (Å²) in [4.78, 5) is 24.7. The fourth-order valence-corrected chi connectivity index (χ4v) is 3.77. The van der Waals surface area contributed by atoms with Crippen LogP contribution in [0.4, 0.5) is 11.4 Å². The van der Waals surface area contributed by atoms with E-state index in [1.54, 1.807) is 6.07 Å². The van der Waals surface area contributed by atoms with Crippen molar-refractivity contribution in [3.63, 3.8) is 0 Å². The van der Waals surface area contributed by atoms with Crippen molar-refractivity contribution in [2.75, 3.05) is 10.6 Å². The average Bonchev–Trinajstić information content (AvgIpc) is 3.04. The van der Waals surface area contributed by atoms with Gasteiger partial charge in [0.1, 0.15) is 0 Å². The lowest BCUT2D eigenvalue weighted by Gasteiger charge is -2.23. The zero-order valence-electron chi connectivity index (χ0n) is 14.6. The van der Waals surface area contributed by atoms with Gasteiger partial charge in [0, 0.05) is 17.3 Å². The molecule has 0 unspecified atom stereocenters. The van der Waals surface area contributed by atoms with Crippen molar-refractivity contribution in [2.24, 2.45) is 11.7 Å². The van der Waals surface area contributed by atoms with Gasteiger partial charge < -0.3 is 16.4 Å². The van der Waals surface area contributed by atoms with Gasteiger partial charge in [-0.1, -0.05) is 38.2 Å². The van der Waals surface area contributed by atoms with Crippen molar-refractivity contribution in [3.05, 3.63) is 24.3 Å². The van der Waals surface area contributed by atoms with E-state index in [0.29, 0.717) is 5.69 Å². The van der Waals surface area contributed by atoms with Crippen LogP contribution in [0.5, 0.6) is 0 Å². The van der Waals surface area contributed by atoms with Crippen molar-refractivity contribution in [2.45, 2.75) is 63.3 Å². The Kier molecular flexibility index (Phi) is 6.85. The van der Waals surface area contributed by atoms with Gasteiger partial charge in [-0.2, -0.15) is 0 Å². The molecule has 1 aromatic carbocycles. The fourth-order valence-electron chi connectivity index (χ4n) is 3.77. The molecule has 5 nitrogen and oxygen atoms in total. The van der Waals surface area contributed by atoms with Gasteiger partial charge >= 0.3 is 0 Å². The number of amides is 2. The Bertz CT molecular complexity index is 608. The minimum absolute atomic E-state index is 0. The molecule has 0 aromatic heterocycles. The van der Waals surface area contributed by atoms with E-state index in [1.165, 1.54) is 6.42 Å². The standard InChI is InChI=1S/C19H27N3O2.ClH/c20-19(11-4-5-12-19)18(24)22-16-10-6-9-15(13-16)21-17(23)14-7-2-1-3-8-14;/h6,9-10,13-14H,1-5,7-8,11-12,20H2,(H,21,23)(H,22,24);1H. The molecule has 1 aromatic rings. The second-order valence-electron chi connectivity index (χ2n) is 7.22. The van der Waals surface area contributed by atoms with Gasteiger partial charge in [0.25, 0.3) is 0 Å². The first-order valence-electron chi connectivity index (χ1n) is 9.08. The normalized spacial score (nSPS) is 19.7. The van der Waals surface area contributed by atoms with Crippen LogP contribution in [-0.2, 0) is 9.59 Å². The van der Waals surface area contributed by atoms with Gasteiger partial charge in [0.2, 0.25) is 11.8 Å². The maximum Gasteiger partial charge on any atom is 0.244 e. The van der Waals surface area contributed by atoms with Gasteiger partial charge in [-0.15, -0.1) is 12.4 Å². The zero-order chi connectivity index (χ0) is 17.0. The van der Waals surface area contributed by atoms with E-state index in [1.807, 2.05) is 18.2 Å². The third-order valence-corrected chi connectivity index (χ3v) is 5.31. The average molecular weight is 366 g/mol. The Morgan fingerprint density at radius 3 is 2.20 bits per heavy atom. The Morgan fingerprint density at radius 2 is 1.56 bits per heavy atom. The third-order valence-electron chi connectivity index (χ3n) is 5.31. The molecular weight excluding hydrogens is 338 g/mol. The smallest absolute Gasteiger partial charge is 0.244 e. The summed E-state index contributed by atoms with van der Waals surface area (Å²) in [5.74, 6) is 0.0721. The number of carbonyl (C=O) groups excluding carboxylic acids is 2. The number of hydrogen-bond donors (Lipinski definition) is 3. The molecule has 0 spiro atoms. The van der Waals surface area contributed by atoms with Crippen LogP contribution in [0, 0.1) is 5.92 Å². The maximum absolute atomic E-state index is 12.4. The predicted octanol–water partition coefficient (Wildman–Crippen LogP) is 3.84. The van der Waals surface area contributed by atoms with Gasteiger partial charge in [0.05, 0.1) is 5.54 Å². The number of benzene rings is 1. The SMILES string of the molecule is Cl.NC1(C(=O)Nc2cccc(NC(=O)C3CCCCC3)c2)CCCC1. The molecule has 0 heterocycles. The molecule has 0 radical (unpaired) electrons. The molecule has 2 fully saturated rings. The van der Waals surface area contributed by atoms with E-state index >= 15 is 0 Å². The molecule has 6 heteroatoms. The molecule has 2 saturated carbocycles. The summed E-state index contributed by atoms with van der Waals surface area (Å²) in [6.07, 6.45) is 8.90. The number of rotatable bonds is 4. The van der Waals surface area contributed by atoms with E-state index in [0.717, 1.165) is 57.1 Å². The molecule has 4 N–H and O–H groups in total. The summed E-state index contributed by atoms with van der Waals surface area (Å²) < 4.78 is 0. The van der Waals surface area contributed by atoms with Crippen LogP contribution in [0.3, 0.4) is 0 Å². The molecule has 0 aliphatic heterocycles. The molecule has 2 amide bonds. The quantitative estimate of drug-likeness (QED) is 0.757. The number of halogens is 1. The third kappa shape index (κ3) is 4.95. The number of hydrogen-bond acceptors (Lipinski definition) is 3. The molecule has 0 saturated heterocycles. The van der Waals surface area contributed by atoms with Gasteiger partial charge in [0.15, 0.2) is 0 Å². The molecule has 2 aliphatic rings. The van der Waals surface area contributed by atoms with Crippen LogP contribution in [0.25, 0.3) is 0 Å². The summed E-state index contributed by atoms with van der Waals surface area (Å²) in [7, 11) is 0. The van der Waals surface area contributed by atoms with Crippen molar-refractivity contribution in [1.29, 1.82) is 0 Å². The number of nitrogens with one attached hydrogen (secondary N) is 2. The molecule has 0 bridgehead atoms. The summed E-state index contributed by atoms with van der Waals surface area (Å²) in [5, 5.41) is 5.89. The highest BCUT2D eigenvalue weighted by atomic mass is 35.5. The summed E-state index contributed by atoms with van der Waals surface area (Å²) in [5.41, 5.74) is 6.84. The van der Waals surface area contributed by atoms with Crippen molar-refractivity contribution >= 4 is 35.6 Å². The highest BCUT2D eigenvalue weighted by Crippen LogP contribution is 2.29. The van der Waals surface area contributed by atoms with Gasteiger partial charge in [-0.05, 0) is 43.9 Å². The van der Waals surface area contributed by atoms with Gasteiger partial charge in [-0.3, -0.25) is 9.59 Å². The fraction of sp³-hybridized carbons (Fsp3) is 0.579. The lowest BCUT2D eigenvalue weighted by Crippen LogP contribution is -2.48. The molecule has 3 rings (SSSR count). The Labute approximate surface area is 155 Å². The first-order chi connectivity index (χ1) is 11.6. The Morgan fingerprint density at radius 1 is 0.960 bits per heavy atom. The van der Waals surface area contributed by atoms with Crippen LogP contribution in [0.1, 0.15) is 57.8 Å². The van der Waals surface area contributed by atoms with Crippen molar-refractivity contribution in [1.82, 2.24) is 0 Å². The molecule has 138 valence electrons. The van der Waals surface area contributed by atoms with E-state index in [-0.39, 0.29) is 30.1 Å². The van der Waals surface area contributed by atoms with Crippen LogP contribution >= 0.6 is 12.4 Å². The molecule has 25 heavy (non-hydrogen) atoms. The van der Waals surface area contributed by atoms with Crippen LogP contribution in [0.2, 0.25) is 0 Å². The van der Waals surface area contributed by atoms with Crippen molar-refractivity contribution in [3.8, 4) is 0 Å². The second-order valence-corrected chi connectivity index (χ2v) is 7.22. The first-order valence-corrected chi connectivity index (χ1v) is 9.08. The number of anilines is 2. The highest BCUT2D eigenvalue weighted by molar-refractivity contribution is 5.99. The molecular formula is C19H28ClN3O2. The van der Waals surface area contributed by atoms with E-state index in [4.69, 9.17) is 5.73 Å². The zero-order valence-corrected chi connectivity index (χ0v) is 15.4. The minimum Gasteiger partial charge on any atom is -0.326 e. The van der Waals surface area contributed by atoms with E-state index in [2.05, 4.69) is 10.6 Å². The van der Waals surface area contributed by atoms with E-state index in [9.17, 15) is 9.59 Å². The maximum atomic E-state index is 12.4. The Balaban J connectivity index is 0.00000225. The summed E-state index contributed by atoms with van der Waals surface area (Å²) >= 11 is 0. The van der Waals surface area contributed by atoms with Crippen LogP contribution < -0.4 is 16.4 Å². The highest BCUT2D eigenvalue weighted by Gasteiger charge is 2.37. The molecule has 2 aliphatic carbocycles.